The van der Waals surface area contributed by atoms with E-state index in [9.17, 15) is 13.2 Å². The molecule has 0 aromatic heterocycles. The molecule has 0 aliphatic rings. The average molecular weight is 425 g/mol. The number of rotatable bonds is 7. The van der Waals surface area contributed by atoms with Crippen molar-refractivity contribution in [2.24, 2.45) is 0 Å². The molecule has 0 unspecified atom stereocenters. The number of benzene rings is 3. The molecule has 3 aromatic carbocycles. The van der Waals surface area contributed by atoms with Crippen LogP contribution < -0.4 is 9.46 Å². The van der Waals surface area contributed by atoms with Crippen molar-refractivity contribution >= 4 is 21.6 Å². The van der Waals surface area contributed by atoms with Gasteiger partial charge in [-0.2, -0.15) is 0 Å². The van der Waals surface area contributed by atoms with E-state index < -0.39 is 10.0 Å². The first kappa shape index (κ1) is 21.4. The van der Waals surface area contributed by atoms with E-state index in [2.05, 4.69) is 4.72 Å². The molecule has 0 radical (unpaired) electrons. The molecule has 1 N–H and O–H groups in total. The molecule has 0 atom stereocenters. The lowest BCUT2D eigenvalue weighted by Crippen LogP contribution is -2.26. The normalized spacial score (nSPS) is 11.0. The zero-order chi connectivity index (χ0) is 21.7. The van der Waals surface area contributed by atoms with E-state index in [-0.39, 0.29) is 10.8 Å². The summed E-state index contributed by atoms with van der Waals surface area (Å²) in [7, 11) is -0.580. The van der Waals surface area contributed by atoms with Crippen LogP contribution in [-0.4, -0.2) is 33.4 Å². The van der Waals surface area contributed by atoms with Gasteiger partial charge in [0.15, 0.2) is 0 Å². The zero-order valence-corrected chi connectivity index (χ0v) is 17.9. The maximum absolute atomic E-state index is 12.9. The molecular formula is C23H24N2O4S. The summed E-state index contributed by atoms with van der Waals surface area (Å²) in [5.74, 6) is 0.407. The number of carbonyl (C=O) groups excluding carboxylic acids is 1. The van der Waals surface area contributed by atoms with Gasteiger partial charge in [0.2, 0.25) is 0 Å². The highest BCUT2D eigenvalue weighted by atomic mass is 32.2. The van der Waals surface area contributed by atoms with Gasteiger partial charge in [-0.05, 0) is 42.8 Å². The van der Waals surface area contributed by atoms with E-state index in [1.54, 1.807) is 38.4 Å². The summed E-state index contributed by atoms with van der Waals surface area (Å²) in [4.78, 5) is 14.5. The van der Waals surface area contributed by atoms with E-state index in [1.165, 1.54) is 17.0 Å². The fourth-order valence-corrected chi connectivity index (χ4v) is 4.24. The molecule has 0 aliphatic carbocycles. The molecule has 6 nitrogen and oxygen atoms in total. The number of hydrogen-bond acceptors (Lipinski definition) is 4. The number of ether oxygens (including phenoxy) is 1. The van der Waals surface area contributed by atoms with Gasteiger partial charge in [0.1, 0.15) is 5.75 Å². The second-order valence-corrected chi connectivity index (χ2v) is 8.60. The third kappa shape index (κ3) is 4.80. The minimum atomic E-state index is -3.83. The third-order valence-electron chi connectivity index (χ3n) is 4.73. The number of anilines is 1. The van der Waals surface area contributed by atoms with Gasteiger partial charge in [0.25, 0.3) is 15.9 Å². The Morgan fingerprint density at radius 1 is 1.00 bits per heavy atom. The molecule has 156 valence electrons. The number of hydrogen-bond donors (Lipinski definition) is 1. The highest BCUT2D eigenvalue weighted by Crippen LogP contribution is 2.22. The summed E-state index contributed by atoms with van der Waals surface area (Å²) in [5.41, 5.74) is 2.47. The number of carbonyl (C=O) groups is 1. The Labute approximate surface area is 177 Å². The maximum Gasteiger partial charge on any atom is 0.261 e. The van der Waals surface area contributed by atoms with Crippen LogP contribution in [0.5, 0.6) is 5.75 Å². The first-order valence-corrected chi connectivity index (χ1v) is 10.9. The second-order valence-electron chi connectivity index (χ2n) is 6.92. The molecule has 0 saturated carbocycles. The minimum Gasteiger partial charge on any atom is -0.496 e. The van der Waals surface area contributed by atoms with Crippen molar-refractivity contribution in [1.82, 2.24) is 4.90 Å². The summed E-state index contributed by atoms with van der Waals surface area (Å²) in [6.07, 6.45) is 0. The Bertz CT molecular complexity index is 1160. The largest absolute Gasteiger partial charge is 0.496 e. The number of amides is 1. The standard InChI is InChI=1S/C23H24N2O4S/c1-17-9-4-6-13-21(17)24-30(27,28)20-12-8-11-18(15-20)23(26)25(2)16-19-10-5-7-14-22(19)29-3/h4-15,24H,16H2,1-3H3. The predicted molar refractivity (Wildman–Crippen MR) is 117 cm³/mol. The van der Waals surface area contributed by atoms with Crippen LogP contribution in [-0.2, 0) is 16.6 Å². The van der Waals surface area contributed by atoms with E-state index in [0.29, 0.717) is 23.5 Å². The number of aryl methyl sites for hydroxylation is 1. The average Bonchev–Trinajstić information content (AvgIpc) is 2.75. The number of methoxy groups -OCH3 is 1. The van der Waals surface area contributed by atoms with Gasteiger partial charge in [0.05, 0.1) is 17.7 Å². The van der Waals surface area contributed by atoms with Gasteiger partial charge in [-0.3, -0.25) is 9.52 Å². The molecule has 0 fully saturated rings. The van der Waals surface area contributed by atoms with Gasteiger partial charge in [0, 0.05) is 24.7 Å². The van der Waals surface area contributed by atoms with Crippen molar-refractivity contribution in [3.8, 4) is 5.75 Å². The molecule has 0 saturated heterocycles. The molecular weight excluding hydrogens is 400 g/mol. The Hall–Kier alpha value is -3.32. The summed E-state index contributed by atoms with van der Waals surface area (Å²) >= 11 is 0. The summed E-state index contributed by atoms with van der Waals surface area (Å²) in [6, 6.07) is 20.6. The van der Waals surface area contributed by atoms with Crippen LogP contribution in [0.15, 0.2) is 77.7 Å². The van der Waals surface area contributed by atoms with Crippen molar-refractivity contribution in [2.45, 2.75) is 18.4 Å². The maximum atomic E-state index is 12.9. The Kier molecular flexibility index (Phi) is 6.42. The lowest BCUT2D eigenvalue weighted by molar-refractivity contribution is 0.0784. The lowest BCUT2D eigenvalue weighted by Gasteiger charge is -2.19. The van der Waals surface area contributed by atoms with Crippen LogP contribution >= 0.6 is 0 Å². The Morgan fingerprint density at radius 3 is 2.43 bits per heavy atom. The monoisotopic (exact) mass is 424 g/mol. The fraction of sp³-hybridized carbons (Fsp3) is 0.174. The first-order chi connectivity index (χ1) is 14.3. The molecule has 7 heteroatoms. The van der Waals surface area contributed by atoms with Gasteiger partial charge < -0.3 is 9.64 Å². The molecule has 0 spiro atoms. The van der Waals surface area contributed by atoms with Crippen molar-refractivity contribution < 1.29 is 17.9 Å². The highest BCUT2D eigenvalue weighted by Gasteiger charge is 2.19. The minimum absolute atomic E-state index is 0.0299. The topological polar surface area (TPSA) is 75.7 Å². The summed E-state index contributed by atoms with van der Waals surface area (Å²) in [6.45, 7) is 2.16. The molecule has 0 aliphatic heterocycles. The molecule has 1 amide bonds. The molecule has 30 heavy (non-hydrogen) atoms. The quantitative estimate of drug-likeness (QED) is 0.620. The van der Waals surface area contributed by atoms with Crippen molar-refractivity contribution in [3.63, 3.8) is 0 Å². The Balaban J connectivity index is 1.82. The molecule has 3 aromatic rings. The number of para-hydroxylation sites is 2. The van der Waals surface area contributed by atoms with Crippen molar-refractivity contribution in [3.05, 3.63) is 89.5 Å². The number of nitrogens with zero attached hydrogens (tertiary/aromatic N) is 1. The van der Waals surface area contributed by atoms with Crippen LogP contribution in [0, 0.1) is 6.92 Å². The van der Waals surface area contributed by atoms with Gasteiger partial charge >= 0.3 is 0 Å². The molecule has 0 heterocycles. The van der Waals surface area contributed by atoms with Crippen LogP contribution in [0.25, 0.3) is 0 Å². The van der Waals surface area contributed by atoms with E-state index in [0.717, 1.165) is 11.1 Å². The van der Waals surface area contributed by atoms with Gasteiger partial charge in [-0.1, -0.05) is 42.5 Å². The van der Waals surface area contributed by atoms with Gasteiger partial charge in [-0.15, -0.1) is 0 Å². The van der Waals surface area contributed by atoms with Crippen LogP contribution in [0.4, 0.5) is 5.69 Å². The molecule has 0 bridgehead atoms. The Morgan fingerprint density at radius 2 is 1.70 bits per heavy atom. The summed E-state index contributed by atoms with van der Waals surface area (Å²) < 4.78 is 33.6. The van der Waals surface area contributed by atoms with Gasteiger partial charge in [-0.25, -0.2) is 8.42 Å². The van der Waals surface area contributed by atoms with E-state index >= 15 is 0 Å². The zero-order valence-electron chi connectivity index (χ0n) is 17.1. The van der Waals surface area contributed by atoms with Crippen LogP contribution in [0.3, 0.4) is 0 Å². The second kappa shape index (κ2) is 9.00. The van der Waals surface area contributed by atoms with Crippen molar-refractivity contribution in [1.29, 1.82) is 0 Å². The van der Waals surface area contributed by atoms with Crippen molar-refractivity contribution in [2.75, 3.05) is 18.9 Å². The molecule has 3 rings (SSSR count). The fourth-order valence-electron chi connectivity index (χ4n) is 3.07. The SMILES string of the molecule is COc1ccccc1CN(C)C(=O)c1cccc(S(=O)(=O)Nc2ccccc2C)c1. The predicted octanol–water partition coefficient (Wildman–Crippen LogP) is 4.08. The van der Waals surface area contributed by atoms with E-state index in [4.69, 9.17) is 4.74 Å². The van der Waals surface area contributed by atoms with Crippen LogP contribution in [0.2, 0.25) is 0 Å². The first-order valence-electron chi connectivity index (χ1n) is 9.37. The van der Waals surface area contributed by atoms with Crippen LogP contribution in [0.1, 0.15) is 21.5 Å². The summed E-state index contributed by atoms with van der Waals surface area (Å²) in [5, 5.41) is 0. The lowest BCUT2D eigenvalue weighted by atomic mass is 10.1. The number of sulfonamides is 1. The smallest absolute Gasteiger partial charge is 0.261 e. The highest BCUT2D eigenvalue weighted by molar-refractivity contribution is 7.92. The number of nitrogens with one attached hydrogen (secondary N) is 1. The van der Waals surface area contributed by atoms with E-state index in [1.807, 2.05) is 43.3 Å². The third-order valence-corrected chi connectivity index (χ3v) is 6.09.